The van der Waals surface area contributed by atoms with Crippen molar-refractivity contribution in [1.82, 2.24) is 9.78 Å². The van der Waals surface area contributed by atoms with E-state index in [0.717, 1.165) is 18.5 Å². The van der Waals surface area contributed by atoms with Gasteiger partial charge >= 0.3 is 0 Å². The Morgan fingerprint density at radius 1 is 1.35 bits per heavy atom. The van der Waals surface area contributed by atoms with Gasteiger partial charge in [-0.2, -0.15) is 5.10 Å². The van der Waals surface area contributed by atoms with E-state index in [9.17, 15) is 5.11 Å². The van der Waals surface area contributed by atoms with Gasteiger partial charge in [-0.05, 0) is 38.7 Å². The lowest BCUT2D eigenvalue weighted by Gasteiger charge is -2.21. The summed E-state index contributed by atoms with van der Waals surface area (Å²) >= 11 is 0. The van der Waals surface area contributed by atoms with Gasteiger partial charge in [0.05, 0.1) is 23.9 Å². The molecule has 1 N–H and O–H groups in total. The van der Waals surface area contributed by atoms with Crippen LogP contribution >= 0.6 is 0 Å². The van der Waals surface area contributed by atoms with E-state index in [1.165, 1.54) is 32.1 Å². The predicted octanol–water partition coefficient (Wildman–Crippen LogP) is 3.11. The molecule has 1 aliphatic rings. The van der Waals surface area contributed by atoms with Crippen LogP contribution in [0.3, 0.4) is 0 Å². The summed E-state index contributed by atoms with van der Waals surface area (Å²) in [6, 6.07) is 2.63. The van der Waals surface area contributed by atoms with Gasteiger partial charge in [0.15, 0.2) is 0 Å². The summed E-state index contributed by atoms with van der Waals surface area (Å²) in [4.78, 5) is 0. The standard InChI is InChI=1S/C16H28N2O2/c1-13(20-2)8-9-16(19)12-14-10-11-18(17-14)15-6-4-3-5-7-15/h10-11,13,15-16,19H,3-9,12H2,1-2H3. The third-order valence-corrected chi connectivity index (χ3v) is 4.37. The lowest BCUT2D eigenvalue weighted by atomic mass is 9.96. The molecule has 0 saturated heterocycles. The van der Waals surface area contributed by atoms with Crippen LogP contribution in [0.5, 0.6) is 0 Å². The number of aromatic nitrogens is 2. The van der Waals surface area contributed by atoms with E-state index in [0.29, 0.717) is 12.5 Å². The first-order chi connectivity index (χ1) is 9.69. The van der Waals surface area contributed by atoms with Crippen LogP contribution in [0.2, 0.25) is 0 Å². The summed E-state index contributed by atoms with van der Waals surface area (Å²) in [5.74, 6) is 0. The molecule has 4 nitrogen and oxygen atoms in total. The molecule has 1 aromatic heterocycles. The van der Waals surface area contributed by atoms with Gasteiger partial charge in [-0.1, -0.05) is 19.3 Å². The van der Waals surface area contributed by atoms with Gasteiger partial charge in [0.1, 0.15) is 0 Å². The van der Waals surface area contributed by atoms with Gasteiger partial charge in [-0.15, -0.1) is 0 Å². The number of rotatable bonds is 7. The molecule has 2 unspecified atom stereocenters. The van der Waals surface area contributed by atoms with Crippen LogP contribution in [-0.2, 0) is 11.2 Å². The highest BCUT2D eigenvalue weighted by Gasteiger charge is 2.17. The second-order valence-electron chi connectivity index (χ2n) is 6.06. The summed E-state index contributed by atoms with van der Waals surface area (Å²) in [7, 11) is 1.71. The Bertz CT molecular complexity index is 386. The Balaban J connectivity index is 1.79. The van der Waals surface area contributed by atoms with Crippen molar-refractivity contribution < 1.29 is 9.84 Å². The van der Waals surface area contributed by atoms with Gasteiger partial charge in [-0.3, -0.25) is 4.68 Å². The second-order valence-corrected chi connectivity index (χ2v) is 6.06. The molecule has 0 bridgehead atoms. The molecule has 1 fully saturated rings. The molecule has 0 radical (unpaired) electrons. The normalized spacial score (nSPS) is 19.9. The van der Waals surface area contributed by atoms with Crippen LogP contribution in [0.4, 0.5) is 0 Å². The van der Waals surface area contributed by atoms with Crippen LogP contribution in [0.15, 0.2) is 12.3 Å². The monoisotopic (exact) mass is 280 g/mol. The molecule has 1 aliphatic carbocycles. The van der Waals surface area contributed by atoms with Crippen molar-refractivity contribution in [2.75, 3.05) is 7.11 Å². The maximum absolute atomic E-state index is 10.1. The first kappa shape index (κ1) is 15.5. The third-order valence-electron chi connectivity index (χ3n) is 4.37. The fourth-order valence-electron chi connectivity index (χ4n) is 2.92. The molecule has 0 aliphatic heterocycles. The lowest BCUT2D eigenvalue weighted by molar-refractivity contribution is 0.0848. The summed E-state index contributed by atoms with van der Waals surface area (Å²) in [6.07, 6.45) is 10.8. The fourth-order valence-corrected chi connectivity index (χ4v) is 2.92. The Hall–Kier alpha value is -0.870. The average Bonchev–Trinajstić information content (AvgIpc) is 2.94. The lowest BCUT2D eigenvalue weighted by Crippen LogP contribution is -2.16. The molecular weight excluding hydrogens is 252 g/mol. The molecule has 0 spiro atoms. The van der Waals surface area contributed by atoms with Crippen LogP contribution in [0.1, 0.15) is 63.6 Å². The van der Waals surface area contributed by atoms with Crippen molar-refractivity contribution in [1.29, 1.82) is 0 Å². The Kier molecular flexibility index (Phi) is 6.05. The maximum Gasteiger partial charge on any atom is 0.0650 e. The third kappa shape index (κ3) is 4.60. The van der Waals surface area contributed by atoms with E-state index < -0.39 is 0 Å². The Labute approximate surface area is 122 Å². The Morgan fingerprint density at radius 2 is 2.10 bits per heavy atom. The Morgan fingerprint density at radius 3 is 2.80 bits per heavy atom. The minimum Gasteiger partial charge on any atom is -0.393 e. The SMILES string of the molecule is COC(C)CCC(O)Cc1ccn(C2CCCCC2)n1. The van der Waals surface area contributed by atoms with Gasteiger partial charge in [0, 0.05) is 19.7 Å². The first-order valence-electron chi connectivity index (χ1n) is 7.94. The van der Waals surface area contributed by atoms with Crippen molar-refractivity contribution in [3.63, 3.8) is 0 Å². The molecular formula is C16H28N2O2. The summed E-state index contributed by atoms with van der Waals surface area (Å²) in [5, 5.41) is 14.7. The molecule has 1 aromatic rings. The largest absolute Gasteiger partial charge is 0.393 e. The van der Waals surface area contributed by atoms with E-state index in [1.54, 1.807) is 7.11 Å². The first-order valence-corrected chi connectivity index (χ1v) is 7.94. The summed E-state index contributed by atoms with van der Waals surface area (Å²) < 4.78 is 7.31. The van der Waals surface area contributed by atoms with Crippen LogP contribution in [-0.4, -0.2) is 34.2 Å². The maximum atomic E-state index is 10.1. The van der Waals surface area contributed by atoms with E-state index in [-0.39, 0.29) is 12.2 Å². The molecule has 1 heterocycles. The smallest absolute Gasteiger partial charge is 0.0650 e. The van der Waals surface area contributed by atoms with E-state index in [1.807, 2.05) is 6.92 Å². The molecule has 1 saturated carbocycles. The minimum atomic E-state index is -0.317. The molecule has 0 aromatic carbocycles. The molecule has 2 rings (SSSR count). The fraction of sp³-hybridized carbons (Fsp3) is 0.812. The minimum absolute atomic E-state index is 0.212. The number of aliphatic hydroxyl groups excluding tert-OH is 1. The van der Waals surface area contributed by atoms with Crippen LogP contribution in [0.25, 0.3) is 0 Å². The van der Waals surface area contributed by atoms with Crippen LogP contribution in [0, 0.1) is 0 Å². The van der Waals surface area contributed by atoms with Gasteiger partial charge in [0.2, 0.25) is 0 Å². The zero-order chi connectivity index (χ0) is 14.4. The van der Waals surface area contributed by atoms with Gasteiger partial charge < -0.3 is 9.84 Å². The van der Waals surface area contributed by atoms with Crippen molar-refractivity contribution in [2.45, 2.75) is 76.5 Å². The zero-order valence-electron chi connectivity index (χ0n) is 12.8. The van der Waals surface area contributed by atoms with Crippen molar-refractivity contribution >= 4 is 0 Å². The number of hydrogen-bond acceptors (Lipinski definition) is 3. The molecule has 114 valence electrons. The van der Waals surface area contributed by atoms with Gasteiger partial charge in [-0.25, -0.2) is 0 Å². The predicted molar refractivity (Wildman–Crippen MR) is 79.8 cm³/mol. The molecule has 20 heavy (non-hydrogen) atoms. The van der Waals surface area contributed by atoms with E-state index >= 15 is 0 Å². The highest BCUT2D eigenvalue weighted by atomic mass is 16.5. The summed E-state index contributed by atoms with van der Waals surface area (Å²) in [5.41, 5.74) is 1.01. The van der Waals surface area contributed by atoms with E-state index in [2.05, 4.69) is 22.0 Å². The second kappa shape index (κ2) is 7.79. The van der Waals surface area contributed by atoms with Gasteiger partial charge in [0.25, 0.3) is 0 Å². The van der Waals surface area contributed by atoms with Crippen molar-refractivity contribution in [2.24, 2.45) is 0 Å². The van der Waals surface area contributed by atoms with Crippen molar-refractivity contribution in [3.8, 4) is 0 Å². The number of methoxy groups -OCH3 is 1. The molecule has 0 amide bonds. The number of aliphatic hydroxyl groups is 1. The highest BCUT2D eigenvalue weighted by Crippen LogP contribution is 2.27. The summed E-state index contributed by atoms with van der Waals surface area (Å²) in [6.45, 7) is 2.03. The number of nitrogens with zero attached hydrogens (tertiary/aromatic N) is 2. The topological polar surface area (TPSA) is 47.3 Å². The molecule has 4 heteroatoms. The van der Waals surface area contributed by atoms with Crippen molar-refractivity contribution in [3.05, 3.63) is 18.0 Å². The van der Waals surface area contributed by atoms with E-state index in [4.69, 9.17) is 4.74 Å². The average molecular weight is 280 g/mol. The molecule has 2 atom stereocenters. The number of ether oxygens (including phenoxy) is 1. The quantitative estimate of drug-likeness (QED) is 0.835. The zero-order valence-corrected chi connectivity index (χ0v) is 12.8. The number of hydrogen-bond donors (Lipinski definition) is 1. The van der Waals surface area contributed by atoms with Crippen LogP contribution < -0.4 is 0 Å². The highest BCUT2D eigenvalue weighted by molar-refractivity contribution is 5.01.